The highest BCUT2D eigenvalue weighted by molar-refractivity contribution is 5.82. The average Bonchev–Trinajstić information content (AvgIpc) is 2.49. The number of hydrogen-bond donors (Lipinski definition) is 2. The molecular weight excluding hydrogens is 250 g/mol. The number of hydrogen-bond acceptors (Lipinski definition) is 3. The lowest BCUT2D eigenvalue weighted by Gasteiger charge is -2.29. The molecule has 1 aromatic rings. The van der Waals surface area contributed by atoms with Gasteiger partial charge >= 0.3 is 0 Å². The molecule has 110 valence electrons. The van der Waals surface area contributed by atoms with Gasteiger partial charge in [-0.15, -0.1) is 0 Å². The normalized spacial score (nSPS) is 18.7. The van der Waals surface area contributed by atoms with E-state index in [9.17, 15) is 4.79 Å². The quantitative estimate of drug-likeness (QED) is 0.857. The van der Waals surface area contributed by atoms with Gasteiger partial charge in [0.15, 0.2) is 0 Å². The summed E-state index contributed by atoms with van der Waals surface area (Å²) < 4.78 is 0. The average molecular weight is 275 g/mol. The van der Waals surface area contributed by atoms with Crippen LogP contribution in [0.4, 0.5) is 0 Å². The minimum Gasteiger partial charge on any atom is -0.354 e. The number of carbonyl (C=O) groups is 1. The standard InChI is InChI=1S/C16H25N3O/c1-19-11-8-13(9-12-19)7-10-18-16(20)15(17)14-5-3-2-4-6-14/h2-6,13,15H,7-12,17H2,1H3,(H,18,20)/t15-/m1/s1. The summed E-state index contributed by atoms with van der Waals surface area (Å²) in [6.45, 7) is 3.07. The Balaban J connectivity index is 1.70. The smallest absolute Gasteiger partial charge is 0.241 e. The van der Waals surface area contributed by atoms with Crippen molar-refractivity contribution in [3.63, 3.8) is 0 Å². The van der Waals surface area contributed by atoms with Crippen LogP contribution in [0.15, 0.2) is 30.3 Å². The van der Waals surface area contributed by atoms with E-state index >= 15 is 0 Å². The summed E-state index contributed by atoms with van der Waals surface area (Å²) in [5.74, 6) is 0.656. The molecule has 2 rings (SSSR count). The second-order valence-electron chi connectivity index (χ2n) is 5.71. The molecule has 20 heavy (non-hydrogen) atoms. The fourth-order valence-corrected chi connectivity index (χ4v) is 2.67. The van der Waals surface area contributed by atoms with Crippen LogP contribution >= 0.6 is 0 Å². The molecule has 0 aliphatic carbocycles. The van der Waals surface area contributed by atoms with Crippen LogP contribution in [0, 0.1) is 5.92 Å². The van der Waals surface area contributed by atoms with Crippen molar-refractivity contribution >= 4 is 5.91 Å². The molecule has 1 fully saturated rings. The molecule has 0 bridgehead atoms. The van der Waals surface area contributed by atoms with Crippen molar-refractivity contribution < 1.29 is 4.79 Å². The molecule has 1 heterocycles. The largest absolute Gasteiger partial charge is 0.354 e. The van der Waals surface area contributed by atoms with E-state index in [1.165, 1.54) is 25.9 Å². The monoisotopic (exact) mass is 275 g/mol. The van der Waals surface area contributed by atoms with E-state index in [4.69, 9.17) is 5.73 Å². The minimum atomic E-state index is -0.561. The number of amides is 1. The highest BCUT2D eigenvalue weighted by Crippen LogP contribution is 2.18. The molecular formula is C16H25N3O. The van der Waals surface area contributed by atoms with Crippen molar-refractivity contribution in [1.29, 1.82) is 0 Å². The third kappa shape index (κ3) is 4.32. The Morgan fingerprint density at radius 2 is 2.00 bits per heavy atom. The van der Waals surface area contributed by atoms with E-state index in [1.807, 2.05) is 30.3 Å². The molecule has 0 saturated carbocycles. The maximum absolute atomic E-state index is 12.0. The maximum atomic E-state index is 12.0. The molecule has 1 aliphatic rings. The molecule has 0 unspecified atom stereocenters. The second-order valence-corrected chi connectivity index (χ2v) is 5.71. The van der Waals surface area contributed by atoms with Crippen molar-refractivity contribution in [2.45, 2.75) is 25.3 Å². The summed E-state index contributed by atoms with van der Waals surface area (Å²) in [6, 6.07) is 8.95. The van der Waals surface area contributed by atoms with E-state index in [-0.39, 0.29) is 5.91 Å². The minimum absolute atomic E-state index is 0.0795. The molecule has 4 heteroatoms. The van der Waals surface area contributed by atoms with Crippen LogP contribution in [-0.4, -0.2) is 37.5 Å². The van der Waals surface area contributed by atoms with E-state index in [2.05, 4.69) is 17.3 Å². The van der Waals surface area contributed by atoms with Crippen molar-refractivity contribution in [1.82, 2.24) is 10.2 Å². The van der Waals surface area contributed by atoms with Crippen molar-refractivity contribution in [2.24, 2.45) is 11.7 Å². The SMILES string of the molecule is CN1CCC(CCNC(=O)[C@H](N)c2ccccc2)CC1. The third-order valence-electron chi connectivity index (χ3n) is 4.13. The number of piperidine rings is 1. The van der Waals surface area contributed by atoms with Gasteiger partial charge in [0.05, 0.1) is 0 Å². The van der Waals surface area contributed by atoms with E-state index in [0.717, 1.165) is 24.4 Å². The molecule has 1 aromatic carbocycles. The van der Waals surface area contributed by atoms with Crippen LogP contribution in [-0.2, 0) is 4.79 Å². The van der Waals surface area contributed by atoms with Gasteiger partial charge in [0, 0.05) is 6.54 Å². The first-order valence-electron chi connectivity index (χ1n) is 7.43. The van der Waals surface area contributed by atoms with Crippen LogP contribution < -0.4 is 11.1 Å². The third-order valence-corrected chi connectivity index (χ3v) is 4.13. The first-order valence-corrected chi connectivity index (χ1v) is 7.43. The topological polar surface area (TPSA) is 58.4 Å². The Labute approximate surface area is 121 Å². The first-order chi connectivity index (χ1) is 9.66. The fourth-order valence-electron chi connectivity index (χ4n) is 2.67. The zero-order valence-corrected chi connectivity index (χ0v) is 12.2. The number of nitrogens with zero attached hydrogens (tertiary/aromatic N) is 1. The summed E-state index contributed by atoms with van der Waals surface area (Å²) in [6.07, 6.45) is 3.52. The number of benzene rings is 1. The van der Waals surface area contributed by atoms with Crippen molar-refractivity contribution in [3.05, 3.63) is 35.9 Å². The van der Waals surface area contributed by atoms with Gasteiger partial charge in [0.25, 0.3) is 0 Å². The molecule has 1 aliphatic heterocycles. The predicted molar refractivity (Wildman–Crippen MR) is 81.2 cm³/mol. The molecule has 0 spiro atoms. The molecule has 0 radical (unpaired) electrons. The van der Waals surface area contributed by atoms with Gasteiger partial charge in [-0.05, 0) is 50.9 Å². The first kappa shape index (κ1) is 15.0. The van der Waals surface area contributed by atoms with Crippen LogP contribution in [0.3, 0.4) is 0 Å². The summed E-state index contributed by atoms with van der Waals surface area (Å²) in [7, 11) is 2.16. The lowest BCUT2D eigenvalue weighted by Crippen LogP contribution is -2.36. The van der Waals surface area contributed by atoms with Crippen LogP contribution in [0.25, 0.3) is 0 Å². The number of nitrogens with one attached hydrogen (secondary N) is 1. The summed E-state index contributed by atoms with van der Waals surface area (Å²) in [4.78, 5) is 14.4. The summed E-state index contributed by atoms with van der Waals surface area (Å²) >= 11 is 0. The Hall–Kier alpha value is -1.39. The number of nitrogens with two attached hydrogens (primary N) is 1. The van der Waals surface area contributed by atoms with Crippen LogP contribution in [0.2, 0.25) is 0 Å². The molecule has 1 atom stereocenters. The Bertz CT molecular complexity index is 413. The van der Waals surface area contributed by atoms with Crippen LogP contribution in [0.5, 0.6) is 0 Å². The van der Waals surface area contributed by atoms with E-state index in [1.54, 1.807) is 0 Å². The molecule has 3 N–H and O–H groups in total. The Morgan fingerprint density at radius 1 is 1.35 bits per heavy atom. The molecule has 4 nitrogen and oxygen atoms in total. The van der Waals surface area contributed by atoms with E-state index in [0.29, 0.717) is 0 Å². The van der Waals surface area contributed by atoms with Gasteiger partial charge in [0.2, 0.25) is 5.91 Å². The molecule has 1 amide bonds. The second kappa shape index (κ2) is 7.41. The van der Waals surface area contributed by atoms with Crippen molar-refractivity contribution in [2.75, 3.05) is 26.7 Å². The lowest BCUT2D eigenvalue weighted by atomic mass is 9.94. The van der Waals surface area contributed by atoms with Gasteiger partial charge in [-0.3, -0.25) is 4.79 Å². The van der Waals surface area contributed by atoms with Gasteiger partial charge in [-0.2, -0.15) is 0 Å². The van der Waals surface area contributed by atoms with Crippen LogP contribution in [0.1, 0.15) is 30.9 Å². The lowest BCUT2D eigenvalue weighted by molar-refractivity contribution is -0.122. The zero-order chi connectivity index (χ0) is 14.4. The highest BCUT2D eigenvalue weighted by Gasteiger charge is 2.18. The molecule has 0 aromatic heterocycles. The summed E-state index contributed by atoms with van der Waals surface area (Å²) in [5, 5.41) is 2.96. The highest BCUT2D eigenvalue weighted by atomic mass is 16.2. The van der Waals surface area contributed by atoms with Crippen molar-refractivity contribution in [3.8, 4) is 0 Å². The molecule has 1 saturated heterocycles. The summed E-state index contributed by atoms with van der Waals surface area (Å²) in [5.41, 5.74) is 6.82. The van der Waals surface area contributed by atoms with Gasteiger partial charge in [-0.1, -0.05) is 30.3 Å². The fraction of sp³-hybridized carbons (Fsp3) is 0.562. The maximum Gasteiger partial charge on any atom is 0.241 e. The number of carbonyl (C=O) groups excluding carboxylic acids is 1. The van der Waals surface area contributed by atoms with E-state index < -0.39 is 6.04 Å². The Morgan fingerprint density at radius 3 is 2.65 bits per heavy atom. The van der Waals surface area contributed by atoms with Gasteiger partial charge in [-0.25, -0.2) is 0 Å². The van der Waals surface area contributed by atoms with Gasteiger partial charge < -0.3 is 16.0 Å². The Kier molecular flexibility index (Phi) is 5.56. The van der Waals surface area contributed by atoms with Gasteiger partial charge in [0.1, 0.15) is 6.04 Å². The number of likely N-dealkylation sites (tertiary alicyclic amines) is 1. The predicted octanol–water partition coefficient (Wildman–Crippen LogP) is 1.53. The number of rotatable bonds is 5. The zero-order valence-electron chi connectivity index (χ0n) is 12.2.